The zero-order valence-corrected chi connectivity index (χ0v) is 13.5. The van der Waals surface area contributed by atoms with Crippen molar-refractivity contribution >= 4 is 23.3 Å². The summed E-state index contributed by atoms with van der Waals surface area (Å²) in [6.45, 7) is 7.87. The number of aromatic nitrogens is 1. The first-order valence-corrected chi connectivity index (χ1v) is 7.59. The summed E-state index contributed by atoms with van der Waals surface area (Å²) in [5.41, 5.74) is 6.16. The quantitative estimate of drug-likeness (QED) is 0.897. The highest BCUT2D eigenvalue weighted by Gasteiger charge is 2.36. The van der Waals surface area contributed by atoms with E-state index in [1.165, 1.54) is 6.20 Å². The molecule has 1 aliphatic heterocycles. The molecule has 116 valence electrons. The van der Waals surface area contributed by atoms with Crippen LogP contribution in [0.25, 0.3) is 0 Å². The summed E-state index contributed by atoms with van der Waals surface area (Å²) in [4.78, 5) is 18.6. The number of nitrogens with one attached hydrogen (secondary N) is 1. The molecule has 1 aliphatic rings. The lowest BCUT2D eigenvalue weighted by atomic mass is 9.79. The van der Waals surface area contributed by atoms with Crippen molar-refractivity contribution in [2.75, 3.05) is 18.4 Å². The van der Waals surface area contributed by atoms with Gasteiger partial charge in [0.25, 0.3) is 0 Å². The van der Waals surface area contributed by atoms with Gasteiger partial charge in [-0.2, -0.15) is 0 Å². The number of nitrogens with zero attached hydrogens (tertiary/aromatic N) is 2. The molecule has 1 saturated heterocycles. The van der Waals surface area contributed by atoms with Gasteiger partial charge in [-0.05, 0) is 30.9 Å². The summed E-state index contributed by atoms with van der Waals surface area (Å²) in [7, 11) is 0. The summed E-state index contributed by atoms with van der Waals surface area (Å²) in [5, 5.41) is 3.37. The van der Waals surface area contributed by atoms with Crippen LogP contribution in [0.4, 0.5) is 5.82 Å². The summed E-state index contributed by atoms with van der Waals surface area (Å²) in [5.74, 6) is 0.459. The standard InChI is InChI=1S/C15H23ClN4O/c1-10(20-7-6-12(17)15(2,3)9-20)14(21)19-13-5-4-11(16)8-18-13/h4-5,8,10,12H,6-7,9,17H2,1-3H3,(H,18,19,21). The molecule has 2 rings (SSSR count). The first kappa shape index (κ1) is 16.2. The molecule has 2 heterocycles. The summed E-state index contributed by atoms with van der Waals surface area (Å²) in [6, 6.07) is 3.37. The molecule has 0 bridgehead atoms. The van der Waals surface area contributed by atoms with E-state index in [9.17, 15) is 4.79 Å². The Bertz CT molecular complexity index is 503. The molecule has 3 N–H and O–H groups in total. The number of pyridine rings is 1. The van der Waals surface area contributed by atoms with Crippen LogP contribution in [0.5, 0.6) is 0 Å². The number of nitrogens with two attached hydrogens (primary N) is 1. The van der Waals surface area contributed by atoms with E-state index in [1.807, 2.05) is 6.92 Å². The van der Waals surface area contributed by atoms with Crippen LogP contribution in [-0.4, -0.2) is 41.0 Å². The Morgan fingerprint density at radius 2 is 2.29 bits per heavy atom. The van der Waals surface area contributed by atoms with Gasteiger partial charge in [0.1, 0.15) is 5.82 Å². The van der Waals surface area contributed by atoms with E-state index in [0.717, 1.165) is 19.5 Å². The predicted molar refractivity (Wildman–Crippen MR) is 85.3 cm³/mol. The number of piperidine rings is 1. The van der Waals surface area contributed by atoms with Crippen molar-refractivity contribution in [2.45, 2.75) is 39.3 Å². The van der Waals surface area contributed by atoms with E-state index in [2.05, 4.69) is 29.0 Å². The number of likely N-dealkylation sites (tertiary alicyclic amines) is 1. The second-order valence-electron chi connectivity index (χ2n) is 6.38. The number of hydrogen-bond acceptors (Lipinski definition) is 4. The minimum Gasteiger partial charge on any atom is -0.327 e. The maximum atomic E-state index is 12.3. The third-order valence-electron chi connectivity index (χ3n) is 4.25. The second kappa shape index (κ2) is 6.30. The lowest BCUT2D eigenvalue weighted by molar-refractivity contribution is -0.122. The molecule has 0 radical (unpaired) electrons. The molecular formula is C15H23ClN4O. The zero-order chi connectivity index (χ0) is 15.6. The highest BCUT2D eigenvalue weighted by atomic mass is 35.5. The summed E-state index contributed by atoms with van der Waals surface area (Å²) >= 11 is 5.78. The predicted octanol–water partition coefficient (Wildman–Crippen LogP) is 2.12. The Kier molecular flexibility index (Phi) is 4.86. The normalized spacial score (nSPS) is 23.6. The zero-order valence-electron chi connectivity index (χ0n) is 12.8. The first-order chi connectivity index (χ1) is 9.79. The number of anilines is 1. The number of rotatable bonds is 3. The van der Waals surface area contributed by atoms with E-state index in [-0.39, 0.29) is 23.4 Å². The maximum absolute atomic E-state index is 12.3. The van der Waals surface area contributed by atoms with Crippen LogP contribution < -0.4 is 11.1 Å². The topological polar surface area (TPSA) is 71.2 Å². The monoisotopic (exact) mass is 310 g/mol. The molecule has 1 aromatic rings. The van der Waals surface area contributed by atoms with Crippen LogP contribution >= 0.6 is 11.6 Å². The largest absolute Gasteiger partial charge is 0.327 e. The molecule has 2 atom stereocenters. The highest BCUT2D eigenvalue weighted by molar-refractivity contribution is 6.30. The van der Waals surface area contributed by atoms with E-state index >= 15 is 0 Å². The van der Waals surface area contributed by atoms with Crippen molar-refractivity contribution in [2.24, 2.45) is 11.1 Å². The van der Waals surface area contributed by atoms with E-state index in [4.69, 9.17) is 17.3 Å². The number of carbonyl (C=O) groups excluding carboxylic acids is 1. The van der Waals surface area contributed by atoms with Gasteiger partial charge in [0, 0.05) is 25.3 Å². The maximum Gasteiger partial charge on any atom is 0.242 e. The van der Waals surface area contributed by atoms with Crippen LogP contribution in [0, 0.1) is 5.41 Å². The fourth-order valence-electron chi connectivity index (χ4n) is 2.59. The average Bonchev–Trinajstić information content (AvgIpc) is 2.43. The van der Waals surface area contributed by atoms with Crippen LogP contribution in [-0.2, 0) is 4.79 Å². The van der Waals surface area contributed by atoms with Crippen molar-refractivity contribution < 1.29 is 4.79 Å². The van der Waals surface area contributed by atoms with Gasteiger partial charge < -0.3 is 11.1 Å². The van der Waals surface area contributed by atoms with Crippen LogP contribution in [0.15, 0.2) is 18.3 Å². The third-order valence-corrected chi connectivity index (χ3v) is 4.47. The highest BCUT2D eigenvalue weighted by Crippen LogP contribution is 2.28. The minimum absolute atomic E-state index is 0.0192. The Hall–Kier alpha value is -1.17. The first-order valence-electron chi connectivity index (χ1n) is 7.21. The van der Waals surface area contributed by atoms with Gasteiger partial charge in [-0.25, -0.2) is 4.98 Å². The van der Waals surface area contributed by atoms with Crippen molar-refractivity contribution in [3.05, 3.63) is 23.4 Å². The minimum atomic E-state index is -0.214. The lowest BCUT2D eigenvalue weighted by Crippen LogP contribution is -2.56. The molecule has 1 fully saturated rings. The van der Waals surface area contributed by atoms with Gasteiger partial charge >= 0.3 is 0 Å². The smallest absolute Gasteiger partial charge is 0.242 e. The van der Waals surface area contributed by atoms with Gasteiger partial charge in [0.2, 0.25) is 5.91 Å². The molecule has 0 saturated carbocycles. The van der Waals surface area contributed by atoms with Gasteiger partial charge in [-0.1, -0.05) is 25.4 Å². The summed E-state index contributed by atoms with van der Waals surface area (Å²) in [6.07, 6.45) is 2.43. The Labute approximate surface area is 130 Å². The molecule has 21 heavy (non-hydrogen) atoms. The number of carbonyl (C=O) groups is 1. The van der Waals surface area contributed by atoms with E-state index < -0.39 is 0 Å². The fourth-order valence-corrected chi connectivity index (χ4v) is 2.70. The fraction of sp³-hybridized carbons (Fsp3) is 0.600. The Morgan fingerprint density at radius 3 is 2.86 bits per heavy atom. The molecular weight excluding hydrogens is 288 g/mol. The van der Waals surface area contributed by atoms with Crippen molar-refractivity contribution in [3.63, 3.8) is 0 Å². The van der Waals surface area contributed by atoms with E-state index in [1.54, 1.807) is 12.1 Å². The molecule has 2 unspecified atom stereocenters. The lowest BCUT2D eigenvalue weighted by Gasteiger charge is -2.44. The number of halogens is 1. The SMILES string of the molecule is CC(C(=O)Nc1ccc(Cl)cn1)N1CCC(N)C(C)(C)C1. The molecule has 0 aliphatic carbocycles. The third kappa shape index (κ3) is 3.93. The Balaban J connectivity index is 1.98. The molecule has 1 aromatic heterocycles. The van der Waals surface area contributed by atoms with Crippen molar-refractivity contribution in [1.29, 1.82) is 0 Å². The molecule has 0 spiro atoms. The number of hydrogen-bond donors (Lipinski definition) is 2. The van der Waals surface area contributed by atoms with Gasteiger partial charge in [0.05, 0.1) is 11.1 Å². The van der Waals surface area contributed by atoms with Gasteiger partial charge in [-0.15, -0.1) is 0 Å². The van der Waals surface area contributed by atoms with E-state index in [0.29, 0.717) is 10.8 Å². The van der Waals surface area contributed by atoms with Crippen LogP contribution in [0.3, 0.4) is 0 Å². The van der Waals surface area contributed by atoms with Crippen molar-refractivity contribution in [1.82, 2.24) is 9.88 Å². The molecule has 6 heteroatoms. The van der Waals surface area contributed by atoms with Crippen LogP contribution in [0.1, 0.15) is 27.2 Å². The molecule has 0 aromatic carbocycles. The second-order valence-corrected chi connectivity index (χ2v) is 6.82. The molecule has 5 nitrogen and oxygen atoms in total. The number of amides is 1. The molecule has 1 amide bonds. The van der Waals surface area contributed by atoms with Gasteiger partial charge in [-0.3, -0.25) is 9.69 Å². The van der Waals surface area contributed by atoms with Gasteiger partial charge in [0.15, 0.2) is 0 Å². The van der Waals surface area contributed by atoms with Crippen molar-refractivity contribution in [3.8, 4) is 0 Å². The average molecular weight is 311 g/mol. The Morgan fingerprint density at radius 1 is 1.57 bits per heavy atom. The van der Waals surface area contributed by atoms with Crippen LogP contribution in [0.2, 0.25) is 5.02 Å². The summed E-state index contributed by atoms with van der Waals surface area (Å²) < 4.78 is 0.